The van der Waals surface area contributed by atoms with Gasteiger partial charge in [0.05, 0.1) is 13.2 Å². The summed E-state index contributed by atoms with van der Waals surface area (Å²) in [6.45, 7) is 5.68. The molecule has 0 heterocycles. The number of carbonyl (C=O) groups excluding carboxylic acids is 1. The summed E-state index contributed by atoms with van der Waals surface area (Å²) in [7, 11) is 1.63. The SMILES string of the molecule is COc1ccc([C@@H](C)NC(=O)[C@@H](C)Oc2cccc(C)c2)cc1. The highest BCUT2D eigenvalue weighted by Crippen LogP contribution is 2.18. The highest BCUT2D eigenvalue weighted by Gasteiger charge is 2.17. The number of benzene rings is 2. The van der Waals surface area contributed by atoms with E-state index < -0.39 is 6.10 Å². The predicted octanol–water partition coefficient (Wildman–Crippen LogP) is 3.65. The summed E-state index contributed by atoms with van der Waals surface area (Å²) in [5.41, 5.74) is 2.11. The molecule has 2 aromatic rings. The first-order valence-electron chi connectivity index (χ1n) is 7.67. The van der Waals surface area contributed by atoms with Crippen molar-refractivity contribution < 1.29 is 14.3 Å². The molecule has 0 aromatic heterocycles. The topological polar surface area (TPSA) is 47.6 Å². The van der Waals surface area contributed by atoms with Crippen LogP contribution in [-0.2, 0) is 4.79 Å². The summed E-state index contributed by atoms with van der Waals surface area (Å²) in [4.78, 5) is 12.3. The number of ether oxygens (including phenoxy) is 2. The zero-order chi connectivity index (χ0) is 16.8. The van der Waals surface area contributed by atoms with Gasteiger partial charge in [-0.25, -0.2) is 0 Å². The maximum absolute atomic E-state index is 12.3. The van der Waals surface area contributed by atoms with Gasteiger partial charge in [-0.3, -0.25) is 4.79 Å². The van der Waals surface area contributed by atoms with E-state index in [0.717, 1.165) is 16.9 Å². The maximum atomic E-state index is 12.3. The third-order valence-corrected chi connectivity index (χ3v) is 3.65. The zero-order valence-electron chi connectivity index (χ0n) is 14.0. The summed E-state index contributed by atoms with van der Waals surface area (Å²) in [6.07, 6.45) is -0.558. The van der Waals surface area contributed by atoms with Gasteiger partial charge in [-0.1, -0.05) is 24.3 Å². The Morgan fingerprint density at radius 2 is 1.74 bits per heavy atom. The largest absolute Gasteiger partial charge is 0.497 e. The molecule has 122 valence electrons. The van der Waals surface area contributed by atoms with Gasteiger partial charge < -0.3 is 14.8 Å². The van der Waals surface area contributed by atoms with Gasteiger partial charge in [0.1, 0.15) is 11.5 Å². The molecule has 2 rings (SSSR count). The first-order chi connectivity index (χ1) is 11.0. The Bertz CT molecular complexity index is 652. The van der Waals surface area contributed by atoms with E-state index in [1.807, 2.05) is 62.4 Å². The molecule has 0 aliphatic rings. The number of hydrogen-bond donors (Lipinski definition) is 1. The molecule has 0 fully saturated rings. The van der Waals surface area contributed by atoms with E-state index in [2.05, 4.69) is 5.32 Å². The van der Waals surface area contributed by atoms with Crippen molar-refractivity contribution in [2.24, 2.45) is 0 Å². The van der Waals surface area contributed by atoms with Gasteiger partial charge >= 0.3 is 0 Å². The zero-order valence-corrected chi connectivity index (χ0v) is 14.0. The van der Waals surface area contributed by atoms with E-state index in [1.54, 1.807) is 14.0 Å². The van der Waals surface area contributed by atoms with Crippen molar-refractivity contribution in [3.8, 4) is 11.5 Å². The summed E-state index contributed by atoms with van der Waals surface area (Å²) < 4.78 is 10.8. The smallest absolute Gasteiger partial charge is 0.261 e. The first kappa shape index (κ1) is 16.9. The molecular weight excluding hydrogens is 290 g/mol. The number of aryl methyl sites for hydroxylation is 1. The van der Waals surface area contributed by atoms with E-state index in [0.29, 0.717) is 5.75 Å². The molecular formula is C19H23NO3. The maximum Gasteiger partial charge on any atom is 0.261 e. The molecule has 0 bridgehead atoms. The summed E-state index contributed by atoms with van der Waals surface area (Å²) >= 11 is 0. The Morgan fingerprint density at radius 1 is 1.04 bits per heavy atom. The Balaban J connectivity index is 1.94. The highest BCUT2D eigenvalue weighted by atomic mass is 16.5. The fourth-order valence-electron chi connectivity index (χ4n) is 2.25. The molecule has 0 radical (unpaired) electrons. The second kappa shape index (κ2) is 7.68. The predicted molar refractivity (Wildman–Crippen MR) is 90.8 cm³/mol. The molecule has 0 aliphatic heterocycles. The Labute approximate surface area is 137 Å². The summed E-state index contributed by atoms with van der Waals surface area (Å²) in [6, 6.07) is 15.2. The van der Waals surface area contributed by atoms with E-state index >= 15 is 0 Å². The van der Waals surface area contributed by atoms with E-state index in [4.69, 9.17) is 9.47 Å². The van der Waals surface area contributed by atoms with Gasteiger partial charge in [-0.2, -0.15) is 0 Å². The molecule has 2 aromatic carbocycles. The second-order valence-electron chi connectivity index (χ2n) is 5.58. The van der Waals surface area contributed by atoms with Crippen molar-refractivity contribution in [2.75, 3.05) is 7.11 Å². The van der Waals surface area contributed by atoms with Crippen molar-refractivity contribution in [1.29, 1.82) is 0 Å². The van der Waals surface area contributed by atoms with E-state index in [9.17, 15) is 4.79 Å². The standard InChI is InChI=1S/C19H23NO3/c1-13-6-5-7-18(12-13)23-15(3)19(21)20-14(2)16-8-10-17(22-4)11-9-16/h5-12,14-15H,1-4H3,(H,20,21)/t14-,15-/m1/s1. The first-order valence-corrected chi connectivity index (χ1v) is 7.67. The minimum Gasteiger partial charge on any atom is -0.497 e. The highest BCUT2D eigenvalue weighted by molar-refractivity contribution is 5.81. The molecule has 23 heavy (non-hydrogen) atoms. The monoisotopic (exact) mass is 313 g/mol. The van der Waals surface area contributed by atoms with Crippen LogP contribution < -0.4 is 14.8 Å². The molecule has 2 atom stereocenters. The molecule has 0 unspecified atom stereocenters. The molecule has 0 aliphatic carbocycles. The lowest BCUT2D eigenvalue weighted by Crippen LogP contribution is -2.37. The molecule has 1 N–H and O–H groups in total. The van der Waals surface area contributed by atoms with E-state index in [-0.39, 0.29) is 11.9 Å². The van der Waals surface area contributed by atoms with Crippen LogP contribution in [0, 0.1) is 6.92 Å². The second-order valence-corrected chi connectivity index (χ2v) is 5.58. The van der Waals surface area contributed by atoms with Crippen molar-refractivity contribution in [3.63, 3.8) is 0 Å². The van der Waals surface area contributed by atoms with Crippen LogP contribution in [0.25, 0.3) is 0 Å². The number of amides is 1. The number of rotatable bonds is 6. The molecule has 0 saturated carbocycles. The lowest BCUT2D eigenvalue weighted by Gasteiger charge is -2.19. The fourth-order valence-corrected chi connectivity index (χ4v) is 2.25. The fraction of sp³-hybridized carbons (Fsp3) is 0.316. The number of methoxy groups -OCH3 is 1. The Morgan fingerprint density at radius 3 is 2.35 bits per heavy atom. The third kappa shape index (κ3) is 4.74. The molecule has 4 heteroatoms. The van der Waals surface area contributed by atoms with Gasteiger partial charge in [0.15, 0.2) is 6.10 Å². The summed E-state index contributed by atoms with van der Waals surface area (Å²) in [5.74, 6) is 1.35. The van der Waals surface area contributed by atoms with Crippen LogP contribution in [0.2, 0.25) is 0 Å². The molecule has 4 nitrogen and oxygen atoms in total. The average Bonchev–Trinajstić information content (AvgIpc) is 2.54. The van der Waals surface area contributed by atoms with Crippen LogP contribution in [0.4, 0.5) is 0 Å². The minimum absolute atomic E-state index is 0.100. The lowest BCUT2D eigenvalue weighted by atomic mass is 10.1. The molecule has 0 spiro atoms. The van der Waals surface area contributed by atoms with Crippen LogP contribution in [0.5, 0.6) is 11.5 Å². The van der Waals surface area contributed by atoms with Gasteiger partial charge in [0.2, 0.25) is 0 Å². The van der Waals surface area contributed by atoms with Crippen LogP contribution in [0.3, 0.4) is 0 Å². The van der Waals surface area contributed by atoms with E-state index in [1.165, 1.54) is 0 Å². The van der Waals surface area contributed by atoms with Gasteiger partial charge in [-0.05, 0) is 56.2 Å². The lowest BCUT2D eigenvalue weighted by molar-refractivity contribution is -0.127. The van der Waals surface area contributed by atoms with Crippen LogP contribution in [-0.4, -0.2) is 19.1 Å². The van der Waals surface area contributed by atoms with Gasteiger partial charge in [0, 0.05) is 0 Å². The summed E-state index contributed by atoms with van der Waals surface area (Å²) in [5, 5.41) is 2.96. The van der Waals surface area contributed by atoms with Crippen LogP contribution in [0.1, 0.15) is 31.0 Å². The van der Waals surface area contributed by atoms with Crippen molar-refractivity contribution >= 4 is 5.91 Å². The third-order valence-electron chi connectivity index (χ3n) is 3.65. The van der Waals surface area contributed by atoms with Gasteiger partial charge in [-0.15, -0.1) is 0 Å². The Kier molecular flexibility index (Phi) is 5.63. The quantitative estimate of drug-likeness (QED) is 0.885. The Hall–Kier alpha value is -2.49. The minimum atomic E-state index is -0.558. The van der Waals surface area contributed by atoms with Crippen molar-refractivity contribution in [1.82, 2.24) is 5.32 Å². The molecule has 1 amide bonds. The molecule has 0 saturated heterocycles. The van der Waals surface area contributed by atoms with Gasteiger partial charge in [0.25, 0.3) is 5.91 Å². The van der Waals surface area contributed by atoms with Crippen LogP contribution in [0.15, 0.2) is 48.5 Å². The van der Waals surface area contributed by atoms with Crippen LogP contribution >= 0.6 is 0 Å². The average molecular weight is 313 g/mol. The normalized spacial score (nSPS) is 13.0. The number of nitrogens with one attached hydrogen (secondary N) is 1. The van der Waals surface area contributed by atoms with Crippen molar-refractivity contribution in [2.45, 2.75) is 32.9 Å². The van der Waals surface area contributed by atoms with Crippen molar-refractivity contribution in [3.05, 3.63) is 59.7 Å². The number of hydrogen-bond acceptors (Lipinski definition) is 3. The number of carbonyl (C=O) groups is 1.